The second-order valence-corrected chi connectivity index (χ2v) is 7.80. The van der Waals surface area contributed by atoms with E-state index in [9.17, 15) is 14.4 Å². The molecule has 0 aromatic heterocycles. The molecule has 0 unspecified atom stereocenters. The maximum absolute atomic E-state index is 12.8. The van der Waals surface area contributed by atoms with Crippen molar-refractivity contribution in [1.29, 1.82) is 0 Å². The topological polar surface area (TPSA) is 84.5 Å². The van der Waals surface area contributed by atoms with Crippen molar-refractivity contribution in [2.45, 2.75) is 31.8 Å². The lowest BCUT2D eigenvalue weighted by Crippen LogP contribution is -2.45. The van der Waals surface area contributed by atoms with Gasteiger partial charge in [-0.25, -0.2) is 4.79 Å². The van der Waals surface area contributed by atoms with E-state index < -0.39 is 18.1 Å². The van der Waals surface area contributed by atoms with Gasteiger partial charge in [0.25, 0.3) is 5.91 Å². The molecule has 0 radical (unpaired) electrons. The van der Waals surface area contributed by atoms with Crippen LogP contribution in [0, 0.1) is 0 Å². The number of nitrogens with one attached hydrogen (secondary N) is 2. The summed E-state index contributed by atoms with van der Waals surface area (Å²) in [6, 6.07) is 26.7. The minimum Gasteiger partial charge on any atom is -0.462 e. The molecule has 2 atom stereocenters. The molecule has 33 heavy (non-hydrogen) atoms. The van der Waals surface area contributed by atoms with Crippen LogP contribution < -0.4 is 10.6 Å². The van der Waals surface area contributed by atoms with Crippen molar-refractivity contribution in [2.75, 3.05) is 6.61 Å². The van der Waals surface area contributed by atoms with E-state index in [0.717, 1.165) is 11.1 Å². The monoisotopic (exact) mass is 444 g/mol. The van der Waals surface area contributed by atoms with Crippen LogP contribution in [0.25, 0.3) is 0 Å². The second-order valence-electron chi connectivity index (χ2n) is 7.80. The van der Waals surface area contributed by atoms with Crippen LogP contribution >= 0.6 is 0 Å². The zero-order valence-electron chi connectivity index (χ0n) is 18.6. The molecule has 6 heteroatoms. The molecule has 3 aromatic carbocycles. The van der Waals surface area contributed by atoms with Crippen molar-refractivity contribution in [3.8, 4) is 0 Å². The van der Waals surface area contributed by atoms with Gasteiger partial charge in [0.05, 0.1) is 6.04 Å². The summed E-state index contributed by atoms with van der Waals surface area (Å²) in [7, 11) is 0. The van der Waals surface area contributed by atoms with Crippen LogP contribution in [0.5, 0.6) is 0 Å². The van der Waals surface area contributed by atoms with Gasteiger partial charge in [-0.05, 0) is 29.7 Å². The van der Waals surface area contributed by atoms with Gasteiger partial charge in [-0.1, -0.05) is 78.9 Å². The molecule has 0 heterocycles. The fraction of sp³-hybridized carbons (Fsp3) is 0.222. The van der Waals surface area contributed by atoms with Crippen molar-refractivity contribution in [3.63, 3.8) is 0 Å². The lowest BCUT2D eigenvalue weighted by Gasteiger charge is -2.22. The minimum atomic E-state index is -0.813. The normalized spacial score (nSPS) is 12.3. The molecular formula is C27H28N2O4. The van der Waals surface area contributed by atoms with Gasteiger partial charge in [0.2, 0.25) is 5.91 Å². The van der Waals surface area contributed by atoms with Crippen molar-refractivity contribution in [1.82, 2.24) is 10.6 Å². The number of carbonyl (C=O) groups is 3. The Morgan fingerprint density at radius 1 is 0.727 bits per heavy atom. The molecule has 0 spiro atoms. The van der Waals surface area contributed by atoms with Crippen LogP contribution in [0.2, 0.25) is 0 Å². The second kappa shape index (κ2) is 12.2. The molecule has 0 saturated carbocycles. The van der Waals surface area contributed by atoms with E-state index in [1.54, 1.807) is 24.3 Å². The van der Waals surface area contributed by atoms with Gasteiger partial charge in [-0.15, -0.1) is 0 Å². The number of benzene rings is 3. The highest BCUT2D eigenvalue weighted by atomic mass is 16.5. The summed E-state index contributed by atoms with van der Waals surface area (Å²) in [5, 5.41) is 5.63. The Morgan fingerprint density at radius 3 is 1.79 bits per heavy atom. The largest absolute Gasteiger partial charge is 0.462 e. The van der Waals surface area contributed by atoms with Crippen LogP contribution in [0.1, 0.15) is 28.4 Å². The van der Waals surface area contributed by atoms with E-state index in [2.05, 4.69) is 10.6 Å². The van der Waals surface area contributed by atoms with Crippen LogP contribution in [0.15, 0.2) is 91.0 Å². The number of carbonyl (C=O) groups excluding carboxylic acids is 3. The SMILES string of the molecule is CC(=O)N[C@@H](Cc1ccccc1)C(=O)OC[C@H](Cc1ccccc1)NC(=O)c1ccccc1. The standard InChI is InChI=1S/C27H28N2O4/c1-20(30)28-25(18-22-13-7-3-8-14-22)27(32)33-19-24(17-21-11-5-2-6-12-21)29-26(31)23-15-9-4-10-16-23/h2-16,24-25H,17-19H2,1H3,(H,28,30)(H,29,31)/t24-,25-/m0/s1. The zero-order valence-corrected chi connectivity index (χ0v) is 18.6. The molecule has 0 fully saturated rings. The molecule has 6 nitrogen and oxygen atoms in total. The van der Waals surface area contributed by atoms with Crippen LogP contribution in [0.4, 0.5) is 0 Å². The summed E-state index contributed by atoms with van der Waals surface area (Å²) in [6.45, 7) is 1.35. The highest BCUT2D eigenvalue weighted by Gasteiger charge is 2.24. The molecular weight excluding hydrogens is 416 g/mol. The van der Waals surface area contributed by atoms with Gasteiger partial charge in [0, 0.05) is 18.9 Å². The summed E-state index contributed by atoms with van der Waals surface area (Å²) in [5.74, 6) is -1.09. The summed E-state index contributed by atoms with van der Waals surface area (Å²) in [6.07, 6.45) is 0.815. The van der Waals surface area contributed by atoms with Gasteiger partial charge < -0.3 is 15.4 Å². The van der Waals surface area contributed by atoms with Crippen LogP contribution in [-0.2, 0) is 27.2 Å². The first-order chi connectivity index (χ1) is 16.0. The van der Waals surface area contributed by atoms with Crippen molar-refractivity contribution in [3.05, 3.63) is 108 Å². The molecule has 0 aliphatic heterocycles. The highest BCUT2D eigenvalue weighted by molar-refractivity contribution is 5.94. The fourth-order valence-electron chi connectivity index (χ4n) is 3.48. The smallest absolute Gasteiger partial charge is 0.329 e. The number of rotatable bonds is 10. The van der Waals surface area contributed by atoms with Gasteiger partial charge in [0.15, 0.2) is 0 Å². The lowest BCUT2D eigenvalue weighted by molar-refractivity contribution is -0.148. The van der Waals surface area contributed by atoms with Crippen molar-refractivity contribution < 1.29 is 19.1 Å². The van der Waals surface area contributed by atoms with Crippen LogP contribution in [0.3, 0.4) is 0 Å². The number of esters is 1. The highest BCUT2D eigenvalue weighted by Crippen LogP contribution is 2.09. The minimum absolute atomic E-state index is 0.0167. The third-order valence-corrected chi connectivity index (χ3v) is 5.07. The summed E-state index contributed by atoms with van der Waals surface area (Å²) in [4.78, 5) is 37.2. The van der Waals surface area contributed by atoms with Crippen molar-refractivity contribution in [2.24, 2.45) is 0 Å². The molecule has 2 N–H and O–H groups in total. The van der Waals surface area contributed by atoms with E-state index in [0.29, 0.717) is 18.4 Å². The van der Waals surface area contributed by atoms with Gasteiger partial charge in [0.1, 0.15) is 12.6 Å². The quantitative estimate of drug-likeness (QED) is 0.470. The number of hydrogen-bond donors (Lipinski definition) is 2. The summed E-state index contributed by atoms with van der Waals surface area (Å²) >= 11 is 0. The maximum Gasteiger partial charge on any atom is 0.329 e. The van der Waals surface area contributed by atoms with E-state index in [-0.39, 0.29) is 18.4 Å². The molecule has 3 aromatic rings. The van der Waals surface area contributed by atoms with Crippen LogP contribution in [-0.4, -0.2) is 36.5 Å². The molecule has 0 aliphatic rings. The van der Waals surface area contributed by atoms with E-state index >= 15 is 0 Å². The number of amides is 2. The third-order valence-electron chi connectivity index (χ3n) is 5.07. The average Bonchev–Trinajstić information content (AvgIpc) is 2.83. The Balaban J connectivity index is 1.68. The first-order valence-corrected chi connectivity index (χ1v) is 10.9. The Morgan fingerprint density at radius 2 is 1.24 bits per heavy atom. The predicted octanol–water partition coefficient (Wildman–Crippen LogP) is 3.32. The molecule has 3 rings (SSSR count). The molecule has 0 bridgehead atoms. The summed E-state index contributed by atoms with van der Waals surface area (Å²) < 4.78 is 5.58. The zero-order chi connectivity index (χ0) is 23.5. The van der Waals surface area contributed by atoms with Gasteiger partial charge in [-0.3, -0.25) is 9.59 Å². The molecule has 2 amide bonds. The lowest BCUT2D eigenvalue weighted by atomic mass is 10.0. The Hall–Kier alpha value is -3.93. The van der Waals surface area contributed by atoms with E-state index in [4.69, 9.17) is 4.74 Å². The maximum atomic E-state index is 12.8. The number of ether oxygens (including phenoxy) is 1. The van der Waals surface area contributed by atoms with Crippen molar-refractivity contribution >= 4 is 17.8 Å². The molecule has 0 saturated heterocycles. The Labute approximate surface area is 194 Å². The van der Waals surface area contributed by atoms with E-state index in [1.165, 1.54) is 6.92 Å². The summed E-state index contributed by atoms with van der Waals surface area (Å²) in [5.41, 5.74) is 2.45. The fourth-order valence-corrected chi connectivity index (χ4v) is 3.48. The average molecular weight is 445 g/mol. The molecule has 170 valence electrons. The molecule has 0 aliphatic carbocycles. The first-order valence-electron chi connectivity index (χ1n) is 10.9. The Bertz CT molecular complexity index is 1040. The Kier molecular flexibility index (Phi) is 8.77. The van der Waals surface area contributed by atoms with E-state index in [1.807, 2.05) is 66.7 Å². The third kappa shape index (κ3) is 7.92. The first kappa shape index (κ1) is 23.7. The number of hydrogen-bond acceptors (Lipinski definition) is 4. The van der Waals surface area contributed by atoms with Gasteiger partial charge >= 0.3 is 5.97 Å². The van der Waals surface area contributed by atoms with Gasteiger partial charge in [-0.2, -0.15) is 0 Å². The predicted molar refractivity (Wildman–Crippen MR) is 127 cm³/mol.